The molecule has 0 saturated heterocycles. The van der Waals surface area contributed by atoms with Gasteiger partial charge in [0.1, 0.15) is 0 Å². The van der Waals surface area contributed by atoms with Gasteiger partial charge in [-0.1, -0.05) is 0 Å². The SMILES string of the molecule is CCCc1ccc(C2=Cc3c(-c4ccc(C(C)(C)C)cc4)cccc3[CH]2[Hf][CH]2C(c3ccc(CCC)o3)=Cc3c(-c4ccc(C(C)(C)C)cc4)cccc32)o1. The minimum absolute atomic E-state index is 0.114. The Morgan fingerprint density at radius 2 is 0.891 bits per heavy atom. The van der Waals surface area contributed by atoms with Gasteiger partial charge in [-0.05, 0) is 0 Å². The Bertz CT molecular complexity index is 2210. The molecule has 3 heteroatoms. The van der Waals surface area contributed by atoms with Crippen LogP contribution in [0.1, 0.15) is 132 Å². The average molecular weight is 889 g/mol. The van der Waals surface area contributed by atoms with Gasteiger partial charge in [0.2, 0.25) is 0 Å². The second kappa shape index (κ2) is 15.0. The molecule has 2 aromatic heterocycles. The zero-order valence-electron chi connectivity index (χ0n) is 33.8. The first kappa shape index (κ1) is 37.7. The van der Waals surface area contributed by atoms with Gasteiger partial charge in [0.25, 0.3) is 0 Å². The van der Waals surface area contributed by atoms with E-state index < -0.39 is 22.9 Å². The van der Waals surface area contributed by atoms with Crippen molar-refractivity contribution >= 4 is 23.3 Å². The van der Waals surface area contributed by atoms with Crippen molar-refractivity contribution in [2.45, 2.75) is 99.3 Å². The first-order valence-corrected chi connectivity index (χ1v) is 24.4. The molecule has 0 N–H and O–H groups in total. The second-order valence-electron chi connectivity index (χ2n) is 17.5. The molecule has 55 heavy (non-hydrogen) atoms. The van der Waals surface area contributed by atoms with Crippen molar-refractivity contribution in [3.63, 3.8) is 0 Å². The molecule has 2 unspecified atom stereocenters. The van der Waals surface area contributed by atoms with Crippen LogP contribution in [0.25, 0.3) is 45.6 Å². The molecule has 0 aliphatic heterocycles. The Labute approximate surface area is 340 Å². The molecular formula is C52H54HfO2. The van der Waals surface area contributed by atoms with Gasteiger partial charge in [0.05, 0.1) is 0 Å². The van der Waals surface area contributed by atoms with Crippen molar-refractivity contribution in [2.75, 3.05) is 0 Å². The van der Waals surface area contributed by atoms with E-state index in [9.17, 15) is 0 Å². The molecule has 0 spiro atoms. The molecule has 2 aliphatic rings. The molecule has 0 radical (unpaired) electrons. The van der Waals surface area contributed by atoms with Crippen molar-refractivity contribution < 1.29 is 31.7 Å². The molecule has 6 aromatic rings. The van der Waals surface area contributed by atoms with Crippen molar-refractivity contribution in [3.8, 4) is 22.3 Å². The van der Waals surface area contributed by atoms with Gasteiger partial charge >= 0.3 is 342 Å². The van der Waals surface area contributed by atoms with Crippen LogP contribution in [0.15, 0.2) is 118 Å². The fourth-order valence-electron chi connectivity index (χ4n) is 8.39. The Balaban J connectivity index is 1.25. The molecule has 2 nitrogen and oxygen atoms in total. The summed E-state index contributed by atoms with van der Waals surface area (Å²) in [5, 5.41) is 0. The van der Waals surface area contributed by atoms with Crippen LogP contribution in [0.4, 0.5) is 0 Å². The number of rotatable bonds is 10. The summed E-state index contributed by atoms with van der Waals surface area (Å²) in [5.41, 5.74) is 16.4. The van der Waals surface area contributed by atoms with Crippen molar-refractivity contribution in [3.05, 3.63) is 166 Å². The Morgan fingerprint density at radius 1 is 0.491 bits per heavy atom. The fraction of sp³-hybridized carbons (Fsp3) is 0.308. The van der Waals surface area contributed by atoms with E-state index in [1.165, 1.54) is 66.8 Å². The first-order chi connectivity index (χ1) is 26.4. The van der Waals surface area contributed by atoms with Crippen LogP contribution in [0.5, 0.6) is 0 Å². The standard InChI is InChI=1S/2C26H27O.Hf/c2*1-5-7-22-14-15-25(27-22)20-16-19-8-6-9-23(24(19)17-20)18-10-12-21(13-11-18)26(2,3)4;/h2*6,8-17H,5,7H2,1-4H3;. The first-order valence-electron chi connectivity index (χ1n) is 20.3. The van der Waals surface area contributed by atoms with Gasteiger partial charge in [-0.15, -0.1) is 0 Å². The van der Waals surface area contributed by atoms with Crippen LogP contribution in [0, 0.1) is 0 Å². The van der Waals surface area contributed by atoms with E-state index in [2.05, 4.69) is 177 Å². The van der Waals surface area contributed by atoms with Crippen LogP contribution in [-0.4, -0.2) is 0 Å². The van der Waals surface area contributed by atoms with Gasteiger partial charge in [-0.3, -0.25) is 0 Å². The molecule has 2 atom stereocenters. The van der Waals surface area contributed by atoms with E-state index in [1.54, 1.807) is 0 Å². The van der Waals surface area contributed by atoms with E-state index in [0.717, 1.165) is 48.7 Å². The topological polar surface area (TPSA) is 26.3 Å². The number of hydrogen-bond donors (Lipinski definition) is 0. The molecule has 4 aromatic carbocycles. The average Bonchev–Trinajstić information content (AvgIpc) is 3.97. The summed E-state index contributed by atoms with van der Waals surface area (Å²) in [7, 11) is 0. The summed E-state index contributed by atoms with van der Waals surface area (Å²) in [6.45, 7) is 18.2. The van der Waals surface area contributed by atoms with Crippen molar-refractivity contribution in [1.82, 2.24) is 0 Å². The van der Waals surface area contributed by atoms with Gasteiger partial charge < -0.3 is 0 Å². The number of furan rings is 2. The van der Waals surface area contributed by atoms with Crippen LogP contribution in [0.2, 0.25) is 0 Å². The van der Waals surface area contributed by atoms with Crippen LogP contribution in [-0.2, 0) is 46.6 Å². The molecule has 0 saturated carbocycles. The van der Waals surface area contributed by atoms with Crippen LogP contribution < -0.4 is 0 Å². The van der Waals surface area contributed by atoms with Gasteiger partial charge in [-0.25, -0.2) is 0 Å². The molecule has 278 valence electrons. The predicted molar refractivity (Wildman–Crippen MR) is 228 cm³/mol. The van der Waals surface area contributed by atoms with E-state index in [-0.39, 0.29) is 10.8 Å². The Morgan fingerprint density at radius 3 is 1.25 bits per heavy atom. The van der Waals surface area contributed by atoms with Gasteiger partial charge in [0, 0.05) is 0 Å². The maximum atomic E-state index is 6.68. The molecule has 0 bridgehead atoms. The van der Waals surface area contributed by atoms with Crippen LogP contribution >= 0.6 is 0 Å². The molecule has 0 amide bonds. The number of benzene rings is 4. The third-order valence-corrected chi connectivity index (χ3v) is 18.3. The second-order valence-corrected chi connectivity index (χ2v) is 22.9. The normalized spacial score (nSPS) is 16.5. The quantitative estimate of drug-likeness (QED) is 0.128. The molecule has 2 aliphatic carbocycles. The predicted octanol–water partition coefficient (Wildman–Crippen LogP) is 14.7. The van der Waals surface area contributed by atoms with Crippen molar-refractivity contribution in [2.24, 2.45) is 0 Å². The number of allylic oxidation sites excluding steroid dienone is 2. The van der Waals surface area contributed by atoms with E-state index in [1.807, 2.05) is 0 Å². The number of aryl methyl sites for hydroxylation is 2. The minimum atomic E-state index is -1.68. The van der Waals surface area contributed by atoms with E-state index >= 15 is 0 Å². The summed E-state index contributed by atoms with van der Waals surface area (Å²) in [6, 6.07) is 41.4. The summed E-state index contributed by atoms with van der Waals surface area (Å²) >= 11 is -1.68. The molecule has 8 rings (SSSR count). The molecule has 2 heterocycles. The summed E-state index contributed by atoms with van der Waals surface area (Å²) in [6.07, 6.45) is 9.01. The summed E-state index contributed by atoms with van der Waals surface area (Å²) in [4.78, 5) is 0. The Kier molecular flexibility index (Phi) is 10.3. The van der Waals surface area contributed by atoms with Gasteiger partial charge in [0.15, 0.2) is 0 Å². The van der Waals surface area contributed by atoms with E-state index in [4.69, 9.17) is 8.83 Å². The van der Waals surface area contributed by atoms with Gasteiger partial charge in [-0.2, -0.15) is 0 Å². The third kappa shape index (κ3) is 7.42. The maximum absolute atomic E-state index is 6.68. The number of hydrogen-bond acceptors (Lipinski definition) is 2. The number of fused-ring (bicyclic) bond motifs is 2. The molecule has 0 fully saturated rings. The fourth-order valence-corrected chi connectivity index (χ4v) is 15.6. The molecular weight excluding hydrogens is 835 g/mol. The third-order valence-electron chi connectivity index (χ3n) is 11.5. The zero-order chi connectivity index (χ0) is 38.5. The monoisotopic (exact) mass is 890 g/mol. The zero-order valence-corrected chi connectivity index (χ0v) is 37.4. The summed E-state index contributed by atoms with van der Waals surface area (Å²) in [5.74, 6) is 4.22. The Hall–Kier alpha value is -4.21. The van der Waals surface area contributed by atoms with Crippen LogP contribution in [0.3, 0.4) is 0 Å². The van der Waals surface area contributed by atoms with Crippen molar-refractivity contribution in [1.29, 1.82) is 0 Å². The van der Waals surface area contributed by atoms with E-state index in [0.29, 0.717) is 7.35 Å². The summed E-state index contributed by atoms with van der Waals surface area (Å²) < 4.78 is 14.0.